The van der Waals surface area contributed by atoms with Gasteiger partial charge in [-0.3, -0.25) is 0 Å². The Hall–Kier alpha value is -2.06. The molecule has 3 unspecified atom stereocenters. The Bertz CT molecular complexity index is 785. The van der Waals surface area contributed by atoms with Crippen molar-refractivity contribution in [3.63, 3.8) is 0 Å². The van der Waals surface area contributed by atoms with Gasteiger partial charge in [0.15, 0.2) is 0 Å². The minimum absolute atomic E-state index is 0.219. The summed E-state index contributed by atoms with van der Waals surface area (Å²) in [6.45, 7) is 0. The van der Waals surface area contributed by atoms with Crippen molar-refractivity contribution >= 4 is 11.6 Å². The lowest BCUT2D eigenvalue weighted by Gasteiger charge is -2.32. The van der Waals surface area contributed by atoms with Crippen LogP contribution >= 0.6 is 11.6 Å². The maximum absolute atomic E-state index is 10.1. The van der Waals surface area contributed by atoms with E-state index in [0.29, 0.717) is 30.7 Å². The molecule has 3 atom stereocenters. The normalized spacial score (nSPS) is 22.6. The molecule has 5 heteroatoms. The van der Waals surface area contributed by atoms with Crippen molar-refractivity contribution in [3.8, 4) is 11.8 Å². The Morgan fingerprint density at radius 2 is 2.00 bits per heavy atom. The van der Waals surface area contributed by atoms with Crippen LogP contribution in [0.4, 0.5) is 0 Å². The molecular formula is C21H22ClNO3. The summed E-state index contributed by atoms with van der Waals surface area (Å²) in [6, 6.07) is 15.9. The number of ether oxygens (including phenoxy) is 2. The molecule has 1 saturated heterocycles. The van der Waals surface area contributed by atoms with Crippen molar-refractivity contribution in [1.82, 2.24) is 0 Å². The monoisotopic (exact) mass is 371 g/mol. The van der Waals surface area contributed by atoms with Crippen LogP contribution in [0.5, 0.6) is 5.75 Å². The summed E-state index contributed by atoms with van der Waals surface area (Å²) >= 11 is 6.39. The average molecular weight is 372 g/mol. The molecule has 2 aromatic rings. The number of halogens is 1. The second-order valence-corrected chi connectivity index (χ2v) is 7.02. The first-order valence-corrected chi connectivity index (χ1v) is 9.08. The van der Waals surface area contributed by atoms with Gasteiger partial charge in [-0.1, -0.05) is 35.9 Å². The minimum atomic E-state index is -0.451. The van der Waals surface area contributed by atoms with Crippen LogP contribution in [0, 0.1) is 11.3 Å². The van der Waals surface area contributed by atoms with Crippen LogP contribution in [0.3, 0.4) is 0 Å². The van der Waals surface area contributed by atoms with Crippen molar-refractivity contribution in [2.24, 2.45) is 0 Å². The van der Waals surface area contributed by atoms with Crippen molar-refractivity contribution in [2.75, 3.05) is 7.11 Å². The molecule has 1 fully saturated rings. The molecule has 0 aromatic heterocycles. The number of nitriles is 1. The number of methoxy groups -OCH3 is 1. The summed E-state index contributed by atoms with van der Waals surface area (Å²) in [5, 5.41) is 19.7. The summed E-state index contributed by atoms with van der Waals surface area (Å²) in [5.41, 5.74) is 3.13. The number of rotatable bonds is 5. The van der Waals surface area contributed by atoms with E-state index in [-0.39, 0.29) is 12.2 Å². The van der Waals surface area contributed by atoms with Gasteiger partial charge in [0.25, 0.3) is 0 Å². The molecule has 1 aliphatic heterocycles. The Kier molecular flexibility index (Phi) is 6.16. The second kappa shape index (κ2) is 8.55. The molecule has 0 aliphatic carbocycles. The van der Waals surface area contributed by atoms with E-state index in [0.717, 1.165) is 22.4 Å². The number of hydrogen-bond acceptors (Lipinski definition) is 4. The highest BCUT2D eigenvalue weighted by molar-refractivity contribution is 6.31. The molecule has 0 bridgehead atoms. The molecule has 1 heterocycles. The fourth-order valence-corrected chi connectivity index (χ4v) is 3.52. The van der Waals surface area contributed by atoms with Crippen LogP contribution in [-0.2, 0) is 11.2 Å². The third kappa shape index (κ3) is 4.56. The Morgan fingerprint density at radius 1 is 1.23 bits per heavy atom. The molecule has 0 saturated carbocycles. The number of aliphatic hydroxyl groups excluding tert-OH is 1. The van der Waals surface area contributed by atoms with Crippen LogP contribution in [0.1, 0.15) is 42.1 Å². The quantitative estimate of drug-likeness (QED) is 0.844. The molecule has 136 valence electrons. The van der Waals surface area contributed by atoms with E-state index in [2.05, 4.69) is 6.07 Å². The van der Waals surface area contributed by atoms with Crippen LogP contribution in [0.2, 0.25) is 5.02 Å². The van der Waals surface area contributed by atoms with Crippen LogP contribution in [0.15, 0.2) is 42.5 Å². The molecular weight excluding hydrogens is 350 g/mol. The van der Waals surface area contributed by atoms with E-state index >= 15 is 0 Å². The van der Waals surface area contributed by atoms with Crippen molar-refractivity contribution in [3.05, 3.63) is 64.2 Å². The summed E-state index contributed by atoms with van der Waals surface area (Å²) in [7, 11) is 1.65. The summed E-state index contributed by atoms with van der Waals surface area (Å²) in [6.07, 6.45) is 1.14. The lowest BCUT2D eigenvalue weighted by Crippen LogP contribution is -2.31. The predicted molar refractivity (Wildman–Crippen MR) is 100 cm³/mol. The maximum Gasteiger partial charge on any atom is 0.118 e. The minimum Gasteiger partial charge on any atom is -0.497 e. The van der Waals surface area contributed by atoms with Gasteiger partial charge in [-0.2, -0.15) is 5.26 Å². The van der Waals surface area contributed by atoms with E-state index in [9.17, 15) is 5.11 Å². The lowest BCUT2D eigenvalue weighted by molar-refractivity contribution is -0.0951. The standard InChI is InChI=1S/C21H22ClNO3/c1-25-18-5-2-14(3-6-18)10-16-11-15(4-7-20(16)22)21-13-17(24)12-19(26-21)8-9-23/h2-7,11,17,19,21,24H,8,10,12-13H2,1H3. The number of hydrogen-bond donors (Lipinski definition) is 1. The average Bonchev–Trinajstić information content (AvgIpc) is 2.64. The number of nitrogens with zero attached hydrogens (tertiary/aromatic N) is 1. The second-order valence-electron chi connectivity index (χ2n) is 6.61. The molecule has 4 nitrogen and oxygen atoms in total. The highest BCUT2D eigenvalue weighted by Gasteiger charge is 2.29. The first-order chi connectivity index (χ1) is 12.6. The molecule has 3 rings (SSSR count). The van der Waals surface area contributed by atoms with Gasteiger partial charge in [0.1, 0.15) is 5.75 Å². The maximum atomic E-state index is 10.1. The molecule has 0 spiro atoms. The van der Waals surface area contributed by atoms with E-state index in [1.54, 1.807) is 7.11 Å². The van der Waals surface area contributed by atoms with Gasteiger partial charge in [0.2, 0.25) is 0 Å². The van der Waals surface area contributed by atoms with Crippen LogP contribution in [0.25, 0.3) is 0 Å². The third-order valence-corrected chi connectivity index (χ3v) is 5.06. The topological polar surface area (TPSA) is 62.5 Å². The Morgan fingerprint density at radius 3 is 2.69 bits per heavy atom. The van der Waals surface area contributed by atoms with Gasteiger partial charge >= 0.3 is 0 Å². The molecule has 0 radical (unpaired) electrons. The van der Waals surface area contributed by atoms with E-state index in [1.807, 2.05) is 42.5 Å². The van der Waals surface area contributed by atoms with Gasteiger partial charge < -0.3 is 14.6 Å². The van der Waals surface area contributed by atoms with Crippen molar-refractivity contribution in [1.29, 1.82) is 5.26 Å². The SMILES string of the molecule is COc1ccc(Cc2cc(C3CC(O)CC(CC#N)O3)ccc2Cl)cc1. The molecule has 1 aliphatic rings. The van der Waals surface area contributed by atoms with Crippen LogP contribution in [-0.4, -0.2) is 24.4 Å². The third-order valence-electron chi connectivity index (χ3n) is 4.69. The van der Waals surface area contributed by atoms with E-state index in [1.165, 1.54) is 0 Å². The van der Waals surface area contributed by atoms with Gasteiger partial charge in [0, 0.05) is 17.9 Å². The van der Waals surface area contributed by atoms with E-state index in [4.69, 9.17) is 26.3 Å². The molecule has 0 amide bonds. The molecule has 1 N–H and O–H groups in total. The van der Waals surface area contributed by atoms with Crippen LogP contribution < -0.4 is 4.74 Å². The Labute approximate surface area is 158 Å². The van der Waals surface area contributed by atoms with Gasteiger partial charge in [-0.05, 0) is 41.3 Å². The molecule has 26 heavy (non-hydrogen) atoms. The van der Waals surface area contributed by atoms with Gasteiger partial charge in [0.05, 0.1) is 37.9 Å². The molecule has 2 aromatic carbocycles. The van der Waals surface area contributed by atoms with Gasteiger partial charge in [-0.25, -0.2) is 0 Å². The summed E-state index contributed by atoms with van der Waals surface area (Å²) in [5.74, 6) is 0.821. The highest BCUT2D eigenvalue weighted by atomic mass is 35.5. The number of aliphatic hydroxyl groups is 1. The summed E-state index contributed by atoms with van der Waals surface area (Å²) in [4.78, 5) is 0. The lowest BCUT2D eigenvalue weighted by atomic mass is 9.93. The Balaban J connectivity index is 1.79. The summed E-state index contributed by atoms with van der Waals surface area (Å²) < 4.78 is 11.2. The fourth-order valence-electron chi connectivity index (χ4n) is 3.33. The first kappa shape index (κ1) is 18.7. The smallest absolute Gasteiger partial charge is 0.118 e. The van der Waals surface area contributed by atoms with E-state index < -0.39 is 6.10 Å². The van der Waals surface area contributed by atoms with Crippen molar-refractivity contribution in [2.45, 2.75) is 44.0 Å². The van der Waals surface area contributed by atoms with Crippen molar-refractivity contribution < 1.29 is 14.6 Å². The fraction of sp³-hybridized carbons (Fsp3) is 0.381. The zero-order valence-electron chi connectivity index (χ0n) is 14.7. The largest absolute Gasteiger partial charge is 0.497 e. The predicted octanol–water partition coefficient (Wildman–Crippen LogP) is 4.43. The highest BCUT2D eigenvalue weighted by Crippen LogP contribution is 2.34. The zero-order chi connectivity index (χ0) is 18.5. The number of benzene rings is 2. The zero-order valence-corrected chi connectivity index (χ0v) is 15.4. The first-order valence-electron chi connectivity index (χ1n) is 8.70. The van der Waals surface area contributed by atoms with Gasteiger partial charge in [-0.15, -0.1) is 0 Å².